The highest BCUT2D eigenvalue weighted by molar-refractivity contribution is 6.30. The number of carbonyl (C=O) groups excluding carboxylic acids is 1. The summed E-state index contributed by atoms with van der Waals surface area (Å²) >= 11 is 5.88. The fraction of sp³-hybridized carbons (Fsp3) is 0.364. The Balaban J connectivity index is 2.92. The van der Waals surface area contributed by atoms with Gasteiger partial charge >= 0.3 is 0 Å². The molecule has 0 radical (unpaired) electrons. The van der Waals surface area contributed by atoms with Crippen molar-refractivity contribution in [1.29, 1.82) is 0 Å². The van der Waals surface area contributed by atoms with E-state index in [1.807, 2.05) is 0 Å². The van der Waals surface area contributed by atoms with E-state index in [2.05, 4.69) is 5.32 Å². The lowest BCUT2D eigenvalue weighted by Gasteiger charge is -2.15. The monoisotopic (exact) mass is 242 g/mol. The van der Waals surface area contributed by atoms with E-state index in [1.54, 1.807) is 32.4 Å². The van der Waals surface area contributed by atoms with Crippen molar-refractivity contribution >= 4 is 17.5 Å². The van der Waals surface area contributed by atoms with Crippen LogP contribution in [0.1, 0.15) is 18.0 Å². The van der Waals surface area contributed by atoms with Crippen LogP contribution >= 0.6 is 11.6 Å². The maximum Gasteiger partial charge on any atom is 0.221 e. The Kier molecular flexibility index (Phi) is 4.58. The molecule has 1 aromatic carbocycles. The Morgan fingerprint density at radius 3 is 2.88 bits per heavy atom. The summed E-state index contributed by atoms with van der Waals surface area (Å²) in [6.45, 7) is 0. The molecule has 0 aliphatic heterocycles. The number of hydrogen-bond donors (Lipinski definition) is 2. The molecule has 0 aliphatic rings. The van der Waals surface area contributed by atoms with E-state index in [0.717, 1.165) is 5.56 Å². The molecule has 0 bridgehead atoms. The number of nitrogens with one attached hydrogen (secondary N) is 1. The molecule has 1 aromatic rings. The van der Waals surface area contributed by atoms with E-state index >= 15 is 0 Å². The van der Waals surface area contributed by atoms with Crippen LogP contribution in [-0.4, -0.2) is 20.1 Å². The zero-order valence-corrected chi connectivity index (χ0v) is 10.0. The van der Waals surface area contributed by atoms with Crippen molar-refractivity contribution in [1.82, 2.24) is 5.32 Å². The van der Waals surface area contributed by atoms with Crippen LogP contribution in [0, 0.1) is 0 Å². The SMILES string of the molecule is CNC(=O)CC(N)c1cc(Cl)ccc1OC. The Hall–Kier alpha value is -1.26. The van der Waals surface area contributed by atoms with Crippen LogP contribution in [0.15, 0.2) is 18.2 Å². The van der Waals surface area contributed by atoms with Crippen LogP contribution in [0.4, 0.5) is 0 Å². The van der Waals surface area contributed by atoms with Gasteiger partial charge in [-0.1, -0.05) is 11.6 Å². The molecule has 0 saturated carbocycles. The van der Waals surface area contributed by atoms with Gasteiger partial charge in [-0.25, -0.2) is 0 Å². The van der Waals surface area contributed by atoms with E-state index in [4.69, 9.17) is 22.1 Å². The first-order valence-electron chi connectivity index (χ1n) is 4.88. The zero-order valence-electron chi connectivity index (χ0n) is 9.29. The lowest BCUT2D eigenvalue weighted by molar-refractivity contribution is -0.120. The van der Waals surface area contributed by atoms with Gasteiger partial charge in [0.15, 0.2) is 0 Å². The van der Waals surface area contributed by atoms with E-state index < -0.39 is 6.04 Å². The molecule has 0 heterocycles. The van der Waals surface area contributed by atoms with Gasteiger partial charge in [0.25, 0.3) is 0 Å². The van der Waals surface area contributed by atoms with Gasteiger partial charge < -0.3 is 15.8 Å². The standard InChI is InChI=1S/C11H15ClN2O2/c1-14-11(15)6-9(13)8-5-7(12)3-4-10(8)16-2/h3-5,9H,6,13H2,1-2H3,(H,14,15). The fourth-order valence-corrected chi connectivity index (χ4v) is 1.59. The molecule has 0 aromatic heterocycles. The molecule has 88 valence electrons. The van der Waals surface area contributed by atoms with Crippen molar-refractivity contribution in [3.8, 4) is 5.75 Å². The van der Waals surface area contributed by atoms with E-state index in [0.29, 0.717) is 10.8 Å². The smallest absolute Gasteiger partial charge is 0.221 e. The van der Waals surface area contributed by atoms with Crippen LogP contribution in [-0.2, 0) is 4.79 Å². The van der Waals surface area contributed by atoms with E-state index in [-0.39, 0.29) is 12.3 Å². The molecule has 0 fully saturated rings. The lowest BCUT2D eigenvalue weighted by Crippen LogP contribution is -2.24. The molecule has 1 atom stereocenters. The highest BCUT2D eigenvalue weighted by Gasteiger charge is 2.15. The summed E-state index contributed by atoms with van der Waals surface area (Å²) in [5.74, 6) is 0.523. The third-order valence-corrected chi connectivity index (χ3v) is 2.51. The van der Waals surface area contributed by atoms with Gasteiger partial charge in [0.2, 0.25) is 5.91 Å². The van der Waals surface area contributed by atoms with Gasteiger partial charge in [0, 0.05) is 30.1 Å². The highest BCUT2D eigenvalue weighted by Crippen LogP contribution is 2.28. The molecule has 1 unspecified atom stereocenters. The third-order valence-electron chi connectivity index (χ3n) is 2.28. The second-order valence-electron chi connectivity index (χ2n) is 3.37. The van der Waals surface area contributed by atoms with Crippen LogP contribution < -0.4 is 15.8 Å². The molecule has 1 rings (SSSR count). The van der Waals surface area contributed by atoms with Crippen molar-refractivity contribution < 1.29 is 9.53 Å². The summed E-state index contributed by atoms with van der Waals surface area (Å²) < 4.78 is 5.17. The molecule has 0 saturated heterocycles. The molecule has 5 heteroatoms. The average Bonchev–Trinajstić information content (AvgIpc) is 2.28. The van der Waals surface area contributed by atoms with Gasteiger partial charge in [-0.15, -0.1) is 0 Å². The first kappa shape index (κ1) is 12.8. The van der Waals surface area contributed by atoms with E-state index in [1.165, 1.54) is 0 Å². The van der Waals surface area contributed by atoms with Crippen LogP contribution in [0.5, 0.6) is 5.75 Å². The molecule has 3 N–H and O–H groups in total. The molecule has 4 nitrogen and oxygen atoms in total. The number of nitrogens with two attached hydrogens (primary N) is 1. The summed E-state index contributed by atoms with van der Waals surface area (Å²) in [6.07, 6.45) is 0.202. The topological polar surface area (TPSA) is 64.4 Å². The molecular weight excluding hydrogens is 228 g/mol. The summed E-state index contributed by atoms with van der Waals surface area (Å²) in [5.41, 5.74) is 6.65. The summed E-state index contributed by atoms with van der Waals surface area (Å²) in [4.78, 5) is 11.2. The molecule has 1 amide bonds. The summed E-state index contributed by atoms with van der Waals surface area (Å²) in [6, 6.07) is 4.75. The van der Waals surface area contributed by atoms with Crippen molar-refractivity contribution in [2.45, 2.75) is 12.5 Å². The third kappa shape index (κ3) is 3.12. The quantitative estimate of drug-likeness (QED) is 0.841. The Morgan fingerprint density at radius 1 is 1.62 bits per heavy atom. The minimum atomic E-state index is -0.423. The van der Waals surface area contributed by atoms with Crippen LogP contribution in [0.25, 0.3) is 0 Å². The van der Waals surface area contributed by atoms with Crippen molar-refractivity contribution in [3.05, 3.63) is 28.8 Å². The minimum absolute atomic E-state index is 0.116. The average molecular weight is 243 g/mol. The summed E-state index contributed by atoms with van der Waals surface area (Å²) in [5, 5.41) is 3.10. The Bertz CT molecular complexity index is 382. The normalized spacial score (nSPS) is 12.0. The zero-order chi connectivity index (χ0) is 12.1. The number of amides is 1. The Labute approximate surface area is 99.7 Å². The number of halogens is 1. The second kappa shape index (κ2) is 5.72. The maximum atomic E-state index is 11.2. The van der Waals surface area contributed by atoms with Gasteiger partial charge in [0.05, 0.1) is 7.11 Å². The predicted octanol–water partition coefficient (Wildman–Crippen LogP) is 1.48. The number of carbonyl (C=O) groups is 1. The van der Waals surface area contributed by atoms with Crippen molar-refractivity contribution in [2.24, 2.45) is 5.73 Å². The largest absolute Gasteiger partial charge is 0.496 e. The molecule has 0 spiro atoms. The van der Waals surface area contributed by atoms with Crippen molar-refractivity contribution in [2.75, 3.05) is 14.2 Å². The van der Waals surface area contributed by atoms with E-state index in [9.17, 15) is 4.79 Å². The van der Waals surface area contributed by atoms with Gasteiger partial charge in [-0.2, -0.15) is 0 Å². The number of ether oxygens (including phenoxy) is 1. The highest BCUT2D eigenvalue weighted by atomic mass is 35.5. The van der Waals surface area contributed by atoms with Crippen LogP contribution in [0.3, 0.4) is 0 Å². The van der Waals surface area contributed by atoms with Gasteiger partial charge in [-0.3, -0.25) is 4.79 Å². The van der Waals surface area contributed by atoms with Gasteiger partial charge in [0.1, 0.15) is 5.75 Å². The fourth-order valence-electron chi connectivity index (χ4n) is 1.41. The second-order valence-corrected chi connectivity index (χ2v) is 3.81. The predicted molar refractivity (Wildman–Crippen MR) is 63.6 cm³/mol. The first-order valence-corrected chi connectivity index (χ1v) is 5.26. The number of hydrogen-bond acceptors (Lipinski definition) is 3. The number of methoxy groups -OCH3 is 1. The minimum Gasteiger partial charge on any atom is -0.496 e. The molecule has 16 heavy (non-hydrogen) atoms. The maximum absolute atomic E-state index is 11.2. The molecular formula is C11H15ClN2O2. The summed E-state index contributed by atoms with van der Waals surface area (Å²) in [7, 11) is 3.13. The Morgan fingerprint density at radius 2 is 2.31 bits per heavy atom. The van der Waals surface area contributed by atoms with Gasteiger partial charge in [-0.05, 0) is 18.2 Å². The number of benzene rings is 1. The first-order chi connectivity index (χ1) is 7.58. The number of rotatable bonds is 4. The molecule has 0 aliphatic carbocycles. The van der Waals surface area contributed by atoms with Crippen LogP contribution in [0.2, 0.25) is 5.02 Å². The van der Waals surface area contributed by atoms with Crippen molar-refractivity contribution in [3.63, 3.8) is 0 Å². The lowest BCUT2D eigenvalue weighted by atomic mass is 10.0.